The molecular formula is C12H14N2O5S+2. The largest absolute Gasteiger partial charge is 0.324 e. The van der Waals surface area contributed by atoms with Gasteiger partial charge in [0.25, 0.3) is 15.0 Å². The number of nitrogens with zero attached hydrogens (tertiary/aromatic N) is 2. The van der Waals surface area contributed by atoms with Gasteiger partial charge < -0.3 is 0 Å². The molecule has 0 bridgehead atoms. The SMILES string of the molecule is O=[N+](O)c1cccc2c[n+](CCCS(=O)(=O)O)ccc12. The maximum absolute atomic E-state index is 11.0. The van der Waals surface area contributed by atoms with Crippen LogP contribution in [0.3, 0.4) is 0 Å². The summed E-state index contributed by atoms with van der Waals surface area (Å²) in [7, 11) is -3.95. The average molecular weight is 298 g/mol. The zero-order valence-electron chi connectivity index (χ0n) is 10.5. The monoisotopic (exact) mass is 298 g/mol. The Morgan fingerprint density at radius 2 is 2.00 bits per heavy atom. The Labute approximate surface area is 115 Å². The normalized spacial score (nSPS) is 11.7. The molecule has 0 atom stereocenters. The lowest BCUT2D eigenvalue weighted by Crippen LogP contribution is -2.33. The van der Waals surface area contributed by atoms with Crippen LogP contribution in [0, 0.1) is 4.91 Å². The highest BCUT2D eigenvalue weighted by atomic mass is 32.2. The molecule has 2 aromatic rings. The van der Waals surface area contributed by atoms with E-state index in [0.29, 0.717) is 11.9 Å². The third-order valence-electron chi connectivity index (χ3n) is 2.88. The predicted octanol–water partition coefficient (Wildman–Crippen LogP) is 1.20. The summed E-state index contributed by atoms with van der Waals surface area (Å²) < 4.78 is 31.7. The molecule has 0 saturated heterocycles. The summed E-state index contributed by atoms with van der Waals surface area (Å²) in [5.74, 6) is -0.303. The first-order valence-electron chi connectivity index (χ1n) is 5.90. The highest BCUT2D eigenvalue weighted by molar-refractivity contribution is 7.85. The average Bonchev–Trinajstić information content (AvgIpc) is 2.36. The Balaban J connectivity index is 2.24. The van der Waals surface area contributed by atoms with Crippen LogP contribution >= 0.6 is 0 Å². The van der Waals surface area contributed by atoms with E-state index in [4.69, 9.17) is 9.76 Å². The fourth-order valence-corrected chi connectivity index (χ4v) is 2.49. The van der Waals surface area contributed by atoms with E-state index in [1.807, 2.05) is 0 Å². The highest BCUT2D eigenvalue weighted by Gasteiger charge is 2.18. The predicted molar refractivity (Wildman–Crippen MR) is 70.2 cm³/mol. The molecule has 0 fully saturated rings. The zero-order valence-corrected chi connectivity index (χ0v) is 11.3. The van der Waals surface area contributed by atoms with Crippen molar-refractivity contribution in [2.75, 3.05) is 5.75 Å². The highest BCUT2D eigenvalue weighted by Crippen LogP contribution is 2.23. The number of hydrogen-bond donors (Lipinski definition) is 2. The smallest absolute Gasteiger partial charge is 0.286 e. The number of pyridine rings is 1. The van der Waals surface area contributed by atoms with E-state index >= 15 is 0 Å². The van der Waals surface area contributed by atoms with Crippen LogP contribution < -0.4 is 4.57 Å². The molecule has 0 amide bonds. The zero-order chi connectivity index (χ0) is 14.8. The summed E-state index contributed by atoms with van der Waals surface area (Å²) in [6.07, 6.45) is 3.70. The van der Waals surface area contributed by atoms with Gasteiger partial charge in [-0.25, -0.2) is 9.77 Å². The van der Waals surface area contributed by atoms with Gasteiger partial charge in [0, 0.05) is 18.6 Å². The molecule has 0 spiro atoms. The van der Waals surface area contributed by atoms with Gasteiger partial charge in [-0.15, -0.1) is 0 Å². The quantitative estimate of drug-likeness (QED) is 0.491. The molecule has 0 radical (unpaired) electrons. The van der Waals surface area contributed by atoms with Crippen LogP contribution in [0.15, 0.2) is 36.7 Å². The summed E-state index contributed by atoms with van der Waals surface area (Å²) in [4.78, 5) is 10.8. The van der Waals surface area contributed by atoms with Crippen LogP contribution in [-0.4, -0.2) is 28.9 Å². The van der Waals surface area contributed by atoms with Gasteiger partial charge >= 0.3 is 5.69 Å². The van der Waals surface area contributed by atoms with Gasteiger partial charge in [-0.3, -0.25) is 4.55 Å². The molecule has 0 saturated carbocycles. The van der Waals surface area contributed by atoms with Crippen LogP contribution in [0.25, 0.3) is 10.8 Å². The van der Waals surface area contributed by atoms with Crippen LogP contribution in [0.2, 0.25) is 0 Å². The Morgan fingerprint density at radius 3 is 2.65 bits per heavy atom. The number of aromatic nitrogens is 1. The van der Waals surface area contributed by atoms with Gasteiger partial charge in [-0.05, 0) is 6.07 Å². The minimum absolute atomic E-state index is 0.146. The van der Waals surface area contributed by atoms with Crippen LogP contribution in [0.5, 0.6) is 0 Å². The van der Waals surface area contributed by atoms with E-state index in [2.05, 4.69) is 0 Å². The molecule has 7 nitrogen and oxygen atoms in total. The Kier molecular flexibility index (Phi) is 3.96. The fraction of sp³-hybridized carbons (Fsp3) is 0.250. The first-order chi connectivity index (χ1) is 9.37. The van der Waals surface area contributed by atoms with Gasteiger partial charge in [0.05, 0.1) is 21.4 Å². The van der Waals surface area contributed by atoms with Crippen molar-refractivity contribution in [3.8, 4) is 0 Å². The van der Waals surface area contributed by atoms with E-state index in [9.17, 15) is 13.3 Å². The van der Waals surface area contributed by atoms with Gasteiger partial charge in [-0.1, -0.05) is 6.07 Å². The van der Waals surface area contributed by atoms with E-state index in [1.54, 1.807) is 35.2 Å². The van der Waals surface area contributed by atoms with Crippen molar-refractivity contribution >= 4 is 26.6 Å². The lowest BCUT2D eigenvalue weighted by atomic mass is 10.1. The molecule has 8 heteroatoms. The van der Waals surface area contributed by atoms with Gasteiger partial charge in [0.2, 0.25) is 0 Å². The number of aryl methyl sites for hydroxylation is 1. The van der Waals surface area contributed by atoms with Crippen molar-refractivity contribution in [2.45, 2.75) is 13.0 Å². The topological polar surface area (TPSA) is 98.6 Å². The molecule has 20 heavy (non-hydrogen) atoms. The molecule has 0 aliphatic carbocycles. The number of hydrogen-bond acceptors (Lipinski definition) is 3. The molecule has 1 heterocycles. The van der Waals surface area contributed by atoms with Crippen LogP contribution in [-0.2, 0) is 16.7 Å². The first-order valence-corrected chi connectivity index (χ1v) is 7.51. The van der Waals surface area contributed by atoms with E-state index < -0.39 is 10.1 Å². The second-order valence-corrected chi connectivity index (χ2v) is 5.95. The van der Waals surface area contributed by atoms with Crippen molar-refractivity contribution in [2.24, 2.45) is 0 Å². The minimum atomic E-state index is -3.95. The number of fused-ring (bicyclic) bond motifs is 1. The summed E-state index contributed by atoms with van der Waals surface area (Å²) in [5, 5.41) is 10.3. The van der Waals surface area contributed by atoms with Crippen molar-refractivity contribution < 1.29 is 27.7 Å². The lowest BCUT2D eigenvalue weighted by Gasteiger charge is -1.99. The van der Waals surface area contributed by atoms with Crippen LogP contribution in [0.4, 0.5) is 5.69 Å². The standard InChI is InChI=1S/C12H13N2O5S/c15-14(16)12-4-1-3-10-9-13(7-5-11(10)12)6-2-8-20(17,18)19/h1,3-5,7,9H,2,6,8H2,(H-,15,16,17,18,19)/q+1/p+1. The van der Waals surface area contributed by atoms with E-state index in [-0.39, 0.29) is 22.8 Å². The van der Waals surface area contributed by atoms with E-state index in [1.165, 1.54) is 6.07 Å². The third-order valence-corrected chi connectivity index (χ3v) is 3.68. The molecule has 1 aromatic carbocycles. The minimum Gasteiger partial charge on any atom is -0.286 e. The second-order valence-electron chi connectivity index (χ2n) is 4.38. The van der Waals surface area contributed by atoms with Crippen molar-refractivity contribution in [3.05, 3.63) is 41.6 Å². The maximum atomic E-state index is 11.0. The molecule has 0 aliphatic rings. The Bertz CT molecular complexity index is 758. The number of benzene rings is 1. The molecule has 1 aromatic heterocycles. The molecule has 0 aliphatic heterocycles. The Hall–Kier alpha value is -2.06. The first kappa shape index (κ1) is 14.4. The van der Waals surface area contributed by atoms with Crippen molar-refractivity contribution in [3.63, 3.8) is 0 Å². The van der Waals surface area contributed by atoms with E-state index in [0.717, 1.165) is 5.39 Å². The summed E-state index contributed by atoms with van der Waals surface area (Å²) in [5.41, 5.74) is 0.146. The summed E-state index contributed by atoms with van der Waals surface area (Å²) in [6.45, 7) is 0.417. The van der Waals surface area contributed by atoms with Gasteiger partial charge in [0.15, 0.2) is 12.4 Å². The lowest BCUT2D eigenvalue weighted by molar-refractivity contribution is -0.728. The van der Waals surface area contributed by atoms with Crippen molar-refractivity contribution in [1.29, 1.82) is 0 Å². The van der Waals surface area contributed by atoms with Gasteiger partial charge in [-0.2, -0.15) is 8.42 Å². The third kappa shape index (κ3) is 3.49. The number of rotatable bonds is 5. The summed E-state index contributed by atoms with van der Waals surface area (Å²) in [6, 6.07) is 6.58. The molecule has 106 valence electrons. The molecular weight excluding hydrogens is 284 g/mol. The molecule has 2 N–H and O–H groups in total. The Morgan fingerprint density at radius 1 is 1.25 bits per heavy atom. The maximum Gasteiger partial charge on any atom is 0.324 e. The van der Waals surface area contributed by atoms with Crippen molar-refractivity contribution in [1.82, 2.24) is 0 Å². The molecule has 0 unspecified atom stereocenters. The molecule has 2 rings (SSSR count). The fourth-order valence-electron chi connectivity index (χ4n) is 1.99. The van der Waals surface area contributed by atoms with Crippen LogP contribution in [0.1, 0.15) is 6.42 Å². The van der Waals surface area contributed by atoms with Gasteiger partial charge in [0.1, 0.15) is 6.54 Å². The second kappa shape index (κ2) is 5.51. The summed E-state index contributed by atoms with van der Waals surface area (Å²) >= 11 is 0.